The van der Waals surface area contributed by atoms with Gasteiger partial charge in [0.1, 0.15) is 0 Å². The summed E-state index contributed by atoms with van der Waals surface area (Å²) in [4.78, 5) is 0. The van der Waals surface area contributed by atoms with Crippen LogP contribution >= 0.6 is 0 Å². The van der Waals surface area contributed by atoms with Crippen molar-refractivity contribution in [3.8, 4) is 0 Å². The molecule has 0 N–H and O–H groups in total. The normalized spacial score (nSPS) is 27.0. The smallest absolute Gasteiger partial charge is 0.0242 e. The fourth-order valence-electron chi connectivity index (χ4n) is 4.69. The molecule has 0 nitrogen and oxygen atoms in total. The molecule has 120 valence electrons. The van der Waals surface area contributed by atoms with Crippen LogP contribution in [0.15, 0.2) is 36.4 Å². The maximum Gasteiger partial charge on any atom is -0.0242 e. The zero-order chi connectivity index (χ0) is 15.2. The summed E-state index contributed by atoms with van der Waals surface area (Å²) in [6.45, 7) is 2.29. The molecule has 2 aliphatic carbocycles. The minimum Gasteiger partial charge on any atom is -0.0885 e. The summed E-state index contributed by atoms with van der Waals surface area (Å²) >= 11 is 0. The highest BCUT2D eigenvalue weighted by atomic mass is 14.4. The average Bonchev–Trinajstić information content (AvgIpc) is 2.94. The molecule has 0 bridgehead atoms. The van der Waals surface area contributed by atoms with E-state index in [-0.39, 0.29) is 0 Å². The Morgan fingerprint density at radius 2 is 1.77 bits per heavy atom. The van der Waals surface area contributed by atoms with Crippen LogP contribution in [0.2, 0.25) is 0 Å². The molecule has 0 aromatic heterocycles. The average molecular weight is 296 g/mol. The molecule has 0 heterocycles. The summed E-state index contributed by atoms with van der Waals surface area (Å²) in [6, 6.07) is 9.16. The molecule has 3 rings (SSSR count). The minimum atomic E-state index is 0.949. The minimum absolute atomic E-state index is 0.949. The molecule has 1 fully saturated rings. The molecule has 0 saturated heterocycles. The molecule has 2 aliphatic rings. The van der Waals surface area contributed by atoms with Gasteiger partial charge in [-0.1, -0.05) is 62.6 Å². The molecule has 22 heavy (non-hydrogen) atoms. The number of rotatable bonds is 7. The van der Waals surface area contributed by atoms with Gasteiger partial charge in [0.2, 0.25) is 0 Å². The number of unbranched alkanes of at least 4 members (excludes halogenated alkanes) is 4. The third kappa shape index (κ3) is 3.83. The van der Waals surface area contributed by atoms with Crippen molar-refractivity contribution >= 4 is 0 Å². The third-order valence-corrected chi connectivity index (χ3v) is 6.01. The van der Waals surface area contributed by atoms with E-state index in [2.05, 4.69) is 43.3 Å². The summed E-state index contributed by atoms with van der Waals surface area (Å²) < 4.78 is 0. The van der Waals surface area contributed by atoms with E-state index in [9.17, 15) is 0 Å². The van der Waals surface area contributed by atoms with Crippen molar-refractivity contribution < 1.29 is 0 Å². The van der Waals surface area contributed by atoms with Crippen molar-refractivity contribution in [3.63, 3.8) is 0 Å². The van der Waals surface area contributed by atoms with Crippen LogP contribution in [-0.2, 0) is 12.8 Å². The van der Waals surface area contributed by atoms with E-state index in [0.717, 1.165) is 17.8 Å². The summed E-state index contributed by atoms with van der Waals surface area (Å²) in [5, 5.41) is 0. The Kier molecular flexibility index (Phi) is 5.76. The lowest BCUT2D eigenvalue weighted by Crippen LogP contribution is -2.24. The lowest BCUT2D eigenvalue weighted by Gasteiger charge is -2.31. The molecule has 0 aliphatic heterocycles. The van der Waals surface area contributed by atoms with Gasteiger partial charge in [-0.2, -0.15) is 0 Å². The molecule has 3 atom stereocenters. The van der Waals surface area contributed by atoms with E-state index in [1.54, 1.807) is 11.1 Å². The van der Waals surface area contributed by atoms with Gasteiger partial charge < -0.3 is 0 Å². The second kappa shape index (κ2) is 7.99. The van der Waals surface area contributed by atoms with Gasteiger partial charge >= 0.3 is 0 Å². The van der Waals surface area contributed by atoms with Crippen LogP contribution in [0.25, 0.3) is 0 Å². The van der Waals surface area contributed by atoms with Crippen molar-refractivity contribution in [3.05, 3.63) is 47.5 Å². The van der Waals surface area contributed by atoms with Gasteiger partial charge in [0.25, 0.3) is 0 Å². The van der Waals surface area contributed by atoms with Crippen molar-refractivity contribution in [1.82, 2.24) is 0 Å². The van der Waals surface area contributed by atoms with Crippen molar-refractivity contribution in [2.24, 2.45) is 17.8 Å². The molecule has 0 radical (unpaired) electrons. The van der Waals surface area contributed by atoms with Gasteiger partial charge in [-0.05, 0) is 73.8 Å². The number of benzene rings is 1. The monoisotopic (exact) mass is 296 g/mol. The Labute approximate surface area is 137 Å². The standard InChI is InChI=1S/C22H32/c1-2-3-4-5-6-7-8-11-18-14-15-21-16-19-12-9-10-13-20(19)17-22(18)21/h7-10,12-13,18,21-22H,2-6,11,14-17H2,1H3/t18?,21-,22-/m1/s1. The van der Waals surface area contributed by atoms with E-state index < -0.39 is 0 Å². The van der Waals surface area contributed by atoms with Crippen LogP contribution in [0.3, 0.4) is 0 Å². The van der Waals surface area contributed by atoms with Gasteiger partial charge in [-0.3, -0.25) is 0 Å². The molecule has 1 saturated carbocycles. The van der Waals surface area contributed by atoms with E-state index in [1.807, 2.05) is 0 Å². The van der Waals surface area contributed by atoms with E-state index in [0.29, 0.717) is 0 Å². The fraction of sp³-hybridized carbons (Fsp3) is 0.636. The van der Waals surface area contributed by atoms with E-state index in [4.69, 9.17) is 0 Å². The molecule has 0 spiro atoms. The first kappa shape index (κ1) is 15.8. The molecule has 1 aromatic carbocycles. The van der Waals surface area contributed by atoms with Gasteiger partial charge in [-0.15, -0.1) is 0 Å². The fourth-order valence-corrected chi connectivity index (χ4v) is 4.69. The lowest BCUT2D eigenvalue weighted by molar-refractivity contribution is 0.292. The van der Waals surface area contributed by atoms with Crippen LogP contribution in [0.4, 0.5) is 0 Å². The molecule has 0 amide bonds. The highest BCUT2D eigenvalue weighted by molar-refractivity contribution is 5.31. The molecular formula is C22H32. The SMILES string of the molecule is CCCCCCC=CCC1CC[C@@H]2Cc3ccccc3C[C@H]12. The van der Waals surface area contributed by atoms with Crippen LogP contribution in [0.5, 0.6) is 0 Å². The summed E-state index contributed by atoms with van der Waals surface area (Å²) in [6.07, 6.45) is 18.7. The first-order valence-corrected chi connectivity index (χ1v) is 9.60. The highest BCUT2D eigenvalue weighted by Gasteiger charge is 2.38. The summed E-state index contributed by atoms with van der Waals surface area (Å²) in [5.41, 5.74) is 3.27. The van der Waals surface area contributed by atoms with Crippen LogP contribution in [0.1, 0.15) is 69.4 Å². The molecule has 1 unspecified atom stereocenters. The number of hydrogen-bond donors (Lipinski definition) is 0. The van der Waals surface area contributed by atoms with E-state index >= 15 is 0 Å². The topological polar surface area (TPSA) is 0 Å². The Hall–Kier alpha value is -1.04. The Balaban J connectivity index is 1.47. The number of allylic oxidation sites excluding steroid dienone is 2. The lowest BCUT2D eigenvalue weighted by atomic mass is 9.74. The first-order chi connectivity index (χ1) is 10.9. The van der Waals surface area contributed by atoms with Crippen molar-refractivity contribution in [2.45, 2.75) is 71.1 Å². The number of fused-ring (bicyclic) bond motifs is 2. The number of hydrogen-bond acceptors (Lipinski definition) is 0. The summed E-state index contributed by atoms with van der Waals surface area (Å²) in [5.74, 6) is 2.88. The summed E-state index contributed by atoms with van der Waals surface area (Å²) in [7, 11) is 0. The second-order valence-corrected chi connectivity index (χ2v) is 7.49. The third-order valence-electron chi connectivity index (χ3n) is 6.01. The van der Waals surface area contributed by atoms with Gasteiger partial charge in [-0.25, -0.2) is 0 Å². The molecule has 1 aromatic rings. The maximum absolute atomic E-state index is 2.50. The Morgan fingerprint density at radius 1 is 0.955 bits per heavy atom. The highest BCUT2D eigenvalue weighted by Crippen LogP contribution is 2.46. The van der Waals surface area contributed by atoms with Crippen molar-refractivity contribution in [1.29, 1.82) is 0 Å². The first-order valence-electron chi connectivity index (χ1n) is 9.60. The predicted octanol–water partition coefficient (Wildman–Crippen LogP) is 6.34. The molecule has 0 heteroatoms. The van der Waals surface area contributed by atoms with Crippen LogP contribution in [0, 0.1) is 17.8 Å². The zero-order valence-electron chi connectivity index (χ0n) is 14.3. The van der Waals surface area contributed by atoms with Crippen LogP contribution < -0.4 is 0 Å². The zero-order valence-corrected chi connectivity index (χ0v) is 14.3. The second-order valence-electron chi connectivity index (χ2n) is 7.49. The Bertz CT molecular complexity index is 485. The van der Waals surface area contributed by atoms with Gasteiger partial charge in [0.05, 0.1) is 0 Å². The molecular weight excluding hydrogens is 264 g/mol. The van der Waals surface area contributed by atoms with Crippen molar-refractivity contribution in [2.75, 3.05) is 0 Å². The quantitative estimate of drug-likeness (QED) is 0.406. The van der Waals surface area contributed by atoms with E-state index in [1.165, 1.54) is 64.2 Å². The largest absolute Gasteiger partial charge is 0.0885 e. The van der Waals surface area contributed by atoms with Gasteiger partial charge in [0.15, 0.2) is 0 Å². The van der Waals surface area contributed by atoms with Gasteiger partial charge in [0, 0.05) is 0 Å². The maximum atomic E-state index is 2.50. The Morgan fingerprint density at radius 3 is 2.59 bits per heavy atom. The van der Waals surface area contributed by atoms with Crippen LogP contribution in [-0.4, -0.2) is 0 Å². The predicted molar refractivity (Wildman–Crippen MR) is 96.1 cm³/mol.